The molecule has 0 aromatic heterocycles. The lowest BCUT2D eigenvalue weighted by atomic mass is 9.97. The fourth-order valence-corrected chi connectivity index (χ4v) is 1.84. The molecule has 0 amide bonds. The molecule has 1 aromatic rings. The van der Waals surface area contributed by atoms with Gasteiger partial charge in [-0.3, -0.25) is 0 Å². The maximum absolute atomic E-state index is 9.74. The van der Waals surface area contributed by atoms with Gasteiger partial charge in [-0.05, 0) is 25.5 Å². The van der Waals surface area contributed by atoms with E-state index in [0.29, 0.717) is 5.02 Å². The molecular weight excluding hydrogens is 240 g/mol. The quantitative estimate of drug-likeness (QED) is 0.799. The number of rotatable bonds is 5. The Labute approximate surface area is 107 Å². The number of aliphatic hydroxyl groups is 2. The Morgan fingerprint density at radius 3 is 2.41 bits per heavy atom. The van der Waals surface area contributed by atoms with Crippen molar-refractivity contribution in [3.8, 4) is 0 Å². The summed E-state index contributed by atoms with van der Waals surface area (Å²) in [6.45, 7) is 4.92. The number of benzene rings is 1. The molecule has 0 saturated carbocycles. The van der Waals surface area contributed by atoms with Crippen LogP contribution in [0.25, 0.3) is 0 Å². The molecule has 0 saturated heterocycles. The van der Waals surface area contributed by atoms with Gasteiger partial charge in [0.15, 0.2) is 5.79 Å². The average molecular weight is 259 g/mol. The van der Waals surface area contributed by atoms with Crippen LogP contribution in [0.1, 0.15) is 32.4 Å². The standard InChI is InChI=1S/C13H19ClO3/c1-9(8-15)12(17-13(2,3)16)10-6-4-5-7-11(10)14/h4-7,9,12,15-16H,8H2,1-3H3. The van der Waals surface area contributed by atoms with Crippen LogP contribution in [0, 0.1) is 5.92 Å². The first kappa shape index (κ1) is 14.5. The zero-order valence-electron chi connectivity index (χ0n) is 10.4. The molecule has 0 spiro atoms. The van der Waals surface area contributed by atoms with Crippen LogP contribution in [0.2, 0.25) is 5.02 Å². The van der Waals surface area contributed by atoms with E-state index in [1.807, 2.05) is 25.1 Å². The minimum Gasteiger partial charge on any atom is -0.396 e. The number of halogens is 1. The van der Waals surface area contributed by atoms with Crippen LogP contribution >= 0.6 is 11.6 Å². The summed E-state index contributed by atoms with van der Waals surface area (Å²) >= 11 is 6.11. The van der Waals surface area contributed by atoms with Crippen LogP contribution in [0.3, 0.4) is 0 Å². The third-order valence-corrected chi connectivity index (χ3v) is 2.78. The maximum atomic E-state index is 9.74. The van der Waals surface area contributed by atoms with Crippen molar-refractivity contribution in [3.05, 3.63) is 34.9 Å². The molecule has 2 N–H and O–H groups in total. The van der Waals surface area contributed by atoms with Crippen LogP contribution in [0.15, 0.2) is 24.3 Å². The van der Waals surface area contributed by atoms with E-state index in [4.69, 9.17) is 16.3 Å². The Bertz CT molecular complexity index is 360. The van der Waals surface area contributed by atoms with E-state index in [1.54, 1.807) is 19.9 Å². The smallest absolute Gasteiger partial charge is 0.160 e. The van der Waals surface area contributed by atoms with Crippen LogP contribution in [-0.4, -0.2) is 22.6 Å². The van der Waals surface area contributed by atoms with Crippen molar-refractivity contribution in [3.63, 3.8) is 0 Å². The number of ether oxygens (including phenoxy) is 1. The summed E-state index contributed by atoms with van der Waals surface area (Å²) in [6.07, 6.45) is -0.436. The highest BCUT2D eigenvalue weighted by Crippen LogP contribution is 2.33. The Morgan fingerprint density at radius 1 is 1.35 bits per heavy atom. The molecular formula is C13H19ClO3. The van der Waals surface area contributed by atoms with Gasteiger partial charge in [-0.1, -0.05) is 36.7 Å². The topological polar surface area (TPSA) is 49.7 Å². The van der Waals surface area contributed by atoms with Crippen molar-refractivity contribution >= 4 is 11.6 Å². The maximum Gasteiger partial charge on any atom is 0.160 e. The number of hydrogen-bond acceptors (Lipinski definition) is 3. The fourth-order valence-electron chi connectivity index (χ4n) is 1.60. The average Bonchev–Trinajstić information content (AvgIpc) is 2.25. The highest BCUT2D eigenvalue weighted by atomic mass is 35.5. The molecule has 96 valence electrons. The zero-order chi connectivity index (χ0) is 13.1. The molecule has 3 nitrogen and oxygen atoms in total. The van der Waals surface area contributed by atoms with E-state index in [0.717, 1.165) is 5.56 Å². The number of hydrogen-bond donors (Lipinski definition) is 2. The second-order valence-corrected chi connectivity index (χ2v) is 5.07. The van der Waals surface area contributed by atoms with Crippen LogP contribution < -0.4 is 0 Å². The molecule has 0 heterocycles. The molecule has 0 fully saturated rings. The van der Waals surface area contributed by atoms with Crippen LogP contribution in [-0.2, 0) is 4.74 Å². The molecule has 0 aliphatic rings. The van der Waals surface area contributed by atoms with Gasteiger partial charge in [0.25, 0.3) is 0 Å². The van der Waals surface area contributed by atoms with Gasteiger partial charge >= 0.3 is 0 Å². The van der Waals surface area contributed by atoms with E-state index < -0.39 is 11.9 Å². The minimum absolute atomic E-state index is 0.0357. The highest BCUT2D eigenvalue weighted by Gasteiger charge is 2.27. The van der Waals surface area contributed by atoms with Gasteiger partial charge in [-0.2, -0.15) is 0 Å². The summed E-state index contributed by atoms with van der Waals surface area (Å²) in [6, 6.07) is 7.29. The van der Waals surface area contributed by atoms with E-state index in [1.165, 1.54) is 0 Å². The second kappa shape index (κ2) is 5.83. The Morgan fingerprint density at radius 2 is 1.94 bits per heavy atom. The van der Waals surface area contributed by atoms with Gasteiger partial charge in [0, 0.05) is 17.5 Å². The van der Waals surface area contributed by atoms with Gasteiger partial charge in [0.2, 0.25) is 0 Å². The molecule has 17 heavy (non-hydrogen) atoms. The third-order valence-electron chi connectivity index (χ3n) is 2.43. The lowest BCUT2D eigenvalue weighted by Gasteiger charge is -2.30. The SMILES string of the molecule is CC(CO)C(OC(C)(C)O)c1ccccc1Cl. The highest BCUT2D eigenvalue weighted by molar-refractivity contribution is 6.31. The second-order valence-electron chi connectivity index (χ2n) is 4.67. The molecule has 4 heteroatoms. The van der Waals surface area contributed by atoms with E-state index >= 15 is 0 Å². The van der Waals surface area contributed by atoms with Crippen molar-refractivity contribution in [2.24, 2.45) is 5.92 Å². The molecule has 0 aliphatic carbocycles. The van der Waals surface area contributed by atoms with E-state index in [2.05, 4.69) is 0 Å². The molecule has 0 radical (unpaired) electrons. The lowest BCUT2D eigenvalue weighted by molar-refractivity contribution is -0.220. The van der Waals surface area contributed by atoms with Gasteiger partial charge in [-0.15, -0.1) is 0 Å². The summed E-state index contributed by atoms with van der Waals surface area (Å²) < 4.78 is 5.57. The number of aliphatic hydroxyl groups excluding tert-OH is 1. The van der Waals surface area contributed by atoms with Crippen molar-refractivity contribution in [2.75, 3.05) is 6.61 Å². The first-order valence-electron chi connectivity index (χ1n) is 5.60. The monoisotopic (exact) mass is 258 g/mol. The summed E-state index contributed by atoms with van der Waals surface area (Å²) in [5.41, 5.74) is 0.776. The minimum atomic E-state index is -1.27. The summed E-state index contributed by atoms with van der Waals surface area (Å²) in [4.78, 5) is 0. The Balaban J connectivity index is 3.03. The van der Waals surface area contributed by atoms with E-state index in [9.17, 15) is 10.2 Å². The largest absolute Gasteiger partial charge is 0.396 e. The van der Waals surface area contributed by atoms with Gasteiger partial charge in [0.1, 0.15) is 0 Å². The molecule has 1 rings (SSSR count). The van der Waals surface area contributed by atoms with Gasteiger partial charge < -0.3 is 14.9 Å². The first-order valence-corrected chi connectivity index (χ1v) is 5.98. The van der Waals surface area contributed by atoms with Gasteiger partial charge in [0.05, 0.1) is 6.10 Å². The molecule has 0 aliphatic heterocycles. The Kier molecular flexibility index (Phi) is 4.95. The van der Waals surface area contributed by atoms with Gasteiger partial charge in [-0.25, -0.2) is 0 Å². The predicted octanol–water partition coefficient (Wildman–Crippen LogP) is 2.75. The van der Waals surface area contributed by atoms with Crippen molar-refractivity contribution in [1.29, 1.82) is 0 Å². The molecule has 0 bridgehead atoms. The zero-order valence-corrected chi connectivity index (χ0v) is 11.1. The summed E-state index contributed by atoms with van der Waals surface area (Å²) in [5, 5.41) is 19.6. The van der Waals surface area contributed by atoms with Crippen molar-refractivity contribution in [2.45, 2.75) is 32.7 Å². The van der Waals surface area contributed by atoms with Crippen molar-refractivity contribution in [1.82, 2.24) is 0 Å². The molecule has 1 aromatic carbocycles. The van der Waals surface area contributed by atoms with Crippen LogP contribution in [0.4, 0.5) is 0 Å². The van der Waals surface area contributed by atoms with Crippen molar-refractivity contribution < 1.29 is 14.9 Å². The lowest BCUT2D eigenvalue weighted by Crippen LogP contribution is -2.30. The Hall–Kier alpha value is -0.610. The third kappa shape index (κ3) is 4.28. The van der Waals surface area contributed by atoms with E-state index in [-0.39, 0.29) is 12.5 Å². The fraction of sp³-hybridized carbons (Fsp3) is 0.538. The predicted molar refractivity (Wildman–Crippen MR) is 67.8 cm³/mol. The first-order chi connectivity index (χ1) is 7.85. The normalized spacial score (nSPS) is 15.6. The van der Waals surface area contributed by atoms with Crippen LogP contribution in [0.5, 0.6) is 0 Å². The summed E-state index contributed by atoms with van der Waals surface area (Å²) in [7, 11) is 0. The summed E-state index contributed by atoms with van der Waals surface area (Å²) in [5.74, 6) is -1.42. The molecule has 2 unspecified atom stereocenters. The molecule has 2 atom stereocenters.